The molecule has 96 valence electrons. The van der Waals surface area contributed by atoms with Crippen LogP contribution in [0.2, 0.25) is 0 Å². The van der Waals surface area contributed by atoms with Gasteiger partial charge in [-0.25, -0.2) is 9.18 Å². The van der Waals surface area contributed by atoms with E-state index >= 15 is 0 Å². The number of halogens is 1. The van der Waals surface area contributed by atoms with E-state index < -0.39 is 24.6 Å². The second-order valence-corrected chi connectivity index (χ2v) is 3.65. The molecule has 2 N–H and O–H groups in total. The predicted molar refractivity (Wildman–Crippen MR) is 61.3 cm³/mol. The van der Waals surface area contributed by atoms with Crippen molar-refractivity contribution in [2.75, 3.05) is 6.67 Å². The van der Waals surface area contributed by atoms with Gasteiger partial charge in [0.15, 0.2) is 11.8 Å². The lowest BCUT2D eigenvalue weighted by Crippen LogP contribution is -2.42. The fourth-order valence-electron chi connectivity index (χ4n) is 1.26. The van der Waals surface area contributed by atoms with E-state index in [9.17, 15) is 18.8 Å². The van der Waals surface area contributed by atoms with Gasteiger partial charge in [-0.15, -0.1) is 0 Å². The Morgan fingerprint density at radius 3 is 2.11 bits per heavy atom. The summed E-state index contributed by atoms with van der Waals surface area (Å²) in [4.78, 5) is 33.1. The zero-order valence-electron chi connectivity index (χ0n) is 9.64. The lowest BCUT2D eigenvalue weighted by molar-refractivity contribution is -0.139. The molecule has 0 saturated heterocycles. The van der Waals surface area contributed by atoms with Crippen LogP contribution < -0.4 is 5.32 Å². The van der Waals surface area contributed by atoms with Crippen LogP contribution in [0.1, 0.15) is 27.6 Å². The Bertz CT molecular complexity index is 469. The highest BCUT2D eigenvalue weighted by Crippen LogP contribution is 2.05. The van der Waals surface area contributed by atoms with E-state index in [0.717, 1.165) is 0 Å². The second kappa shape index (κ2) is 5.90. The molecule has 0 spiro atoms. The highest BCUT2D eigenvalue weighted by atomic mass is 19.1. The first-order valence-corrected chi connectivity index (χ1v) is 5.16. The van der Waals surface area contributed by atoms with Gasteiger partial charge in [0, 0.05) is 11.1 Å². The monoisotopic (exact) mass is 253 g/mol. The number of nitrogens with one attached hydrogen (secondary N) is 1. The summed E-state index contributed by atoms with van der Waals surface area (Å²) >= 11 is 0. The topological polar surface area (TPSA) is 83.5 Å². The van der Waals surface area contributed by atoms with Crippen molar-refractivity contribution < 1.29 is 23.9 Å². The van der Waals surface area contributed by atoms with Crippen LogP contribution in [0, 0.1) is 0 Å². The van der Waals surface area contributed by atoms with Crippen molar-refractivity contribution in [2.45, 2.75) is 13.0 Å². The van der Waals surface area contributed by atoms with Gasteiger partial charge < -0.3 is 10.4 Å². The van der Waals surface area contributed by atoms with E-state index in [1.54, 1.807) is 0 Å². The lowest BCUT2D eigenvalue weighted by Gasteiger charge is -2.10. The van der Waals surface area contributed by atoms with E-state index in [-0.39, 0.29) is 11.3 Å². The maximum atomic E-state index is 12.3. The predicted octanol–water partition coefficient (Wildman–Crippen LogP) is 1.04. The number of amides is 1. The number of carbonyl (C=O) groups is 3. The van der Waals surface area contributed by atoms with Crippen molar-refractivity contribution in [3.8, 4) is 0 Å². The number of rotatable bonds is 5. The highest BCUT2D eigenvalue weighted by molar-refractivity contribution is 5.98. The first kappa shape index (κ1) is 13.8. The third-order valence-corrected chi connectivity index (χ3v) is 2.31. The first-order chi connectivity index (χ1) is 8.45. The molecule has 0 radical (unpaired) electrons. The largest absolute Gasteiger partial charge is 0.480 e. The van der Waals surface area contributed by atoms with Gasteiger partial charge >= 0.3 is 5.97 Å². The number of ketones is 1. The average molecular weight is 253 g/mol. The molecule has 1 aromatic carbocycles. The summed E-state index contributed by atoms with van der Waals surface area (Å²) in [6, 6.07) is 4.09. The van der Waals surface area contributed by atoms with E-state index in [1.165, 1.54) is 31.2 Å². The zero-order valence-corrected chi connectivity index (χ0v) is 9.64. The summed E-state index contributed by atoms with van der Waals surface area (Å²) in [5, 5.41) is 10.6. The molecule has 0 aliphatic rings. The number of aliphatic carboxylic acids is 1. The Hall–Kier alpha value is -2.24. The minimum atomic E-state index is -1.56. The summed E-state index contributed by atoms with van der Waals surface area (Å²) < 4.78 is 12.3. The van der Waals surface area contributed by atoms with E-state index in [1.807, 2.05) is 5.32 Å². The SMILES string of the molecule is CC(=O)c1ccc(C(=O)NC(CF)C(=O)O)cc1. The zero-order chi connectivity index (χ0) is 13.7. The van der Waals surface area contributed by atoms with Crippen LogP contribution in [0.25, 0.3) is 0 Å². The van der Waals surface area contributed by atoms with Gasteiger partial charge in [0.05, 0.1) is 0 Å². The number of alkyl halides is 1. The summed E-state index contributed by atoms with van der Waals surface area (Å²) in [6.45, 7) is 0.200. The molecule has 0 heterocycles. The van der Waals surface area contributed by atoms with E-state index in [0.29, 0.717) is 5.56 Å². The first-order valence-electron chi connectivity index (χ1n) is 5.16. The average Bonchev–Trinajstić information content (AvgIpc) is 2.35. The van der Waals surface area contributed by atoms with Gasteiger partial charge in [-0.2, -0.15) is 0 Å². The van der Waals surface area contributed by atoms with Crippen molar-refractivity contribution in [3.63, 3.8) is 0 Å². The van der Waals surface area contributed by atoms with Gasteiger partial charge in [-0.3, -0.25) is 9.59 Å². The molecule has 1 amide bonds. The van der Waals surface area contributed by atoms with Crippen LogP contribution in [0.4, 0.5) is 4.39 Å². The van der Waals surface area contributed by atoms with Crippen LogP contribution in [-0.2, 0) is 4.79 Å². The van der Waals surface area contributed by atoms with Crippen LogP contribution in [-0.4, -0.2) is 35.5 Å². The van der Waals surface area contributed by atoms with Crippen molar-refractivity contribution >= 4 is 17.7 Å². The normalized spacial score (nSPS) is 11.7. The molecule has 1 rings (SSSR count). The van der Waals surface area contributed by atoms with Crippen LogP contribution >= 0.6 is 0 Å². The number of carboxylic acid groups (broad SMARTS) is 1. The number of hydrogen-bond donors (Lipinski definition) is 2. The van der Waals surface area contributed by atoms with Gasteiger partial charge in [0.2, 0.25) is 0 Å². The molecule has 1 atom stereocenters. The Kier molecular flexibility index (Phi) is 4.53. The quantitative estimate of drug-likeness (QED) is 0.768. The number of benzene rings is 1. The molecular weight excluding hydrogens is 241 g/mol. The van der Waals surface area contributed by atoms with Crippen molar-refractivity contribution in [1.29, 1.82) is 0 Å². The highest BCUT2D eigenvalue weighted by Gasteiger charge is 2.20. The molecule has 5 nitrogen and oxygen atoms in total. The van der Waals surface area contributed by atoms with Crippen molar-refractivity contribution in [3.05, 3.63) is 35.4 Å². The third-order valence-electron chi connectivity index (χ3n) is 2.31. The maximum Gasteiger partial charge on any atom is 0.328 e. The fourth-order valence-corrected chi connectivity index (χ4v) is 1.26. The number of carboxylic acids is 1. The smallest absolute Gasteiger partial charge is 0.328 e. The van der Waals surface area contributed by atoms with Gasteiger partial charge in [0.25, 0.3) is 5.91 Å². The molecule has 0 fully saturated rings. The second-order valence-electron chi connectivity index (χ2n) is 3.65. The number of Topliss-reactive ketones (excluding diaryl/α,β-unsaturated/α-hetero) is 1. The standard InChI is InChI=1S/C12H12FNO4/c1-7(15)8-2-4-9(5-3-8)11(16)14-10(6-13)12(17)18/h2-5,10H,6H2,1H3,(H,14,16)(H,17,18). The summed E-state index contributed by atoms with van der Waals surface area (Å²) in [7, 11) is 0. The maximum absolute atomic E-state index is 12.3. The third kappa shape index (κ3) is 3.38. The Labute approximate surface area is 103 Å². The molecule has 18 heavy (non-hydrogen) atoms. The van der Waals surface area contributed by atoms with Gasteiger partial charge in [-0.1, -0.05) is 12.1 Å². The molecular formula is C12H12FNO4. The lowest BCUT2D eigenvalue weighted by atomic mass is 10.1. The van der Waals surface area contributed by atoms with E-state index in [2.05, 4.69) is 0 Å². The molecule has 0 aliphatic carbocycles. The molecule has 0 aliphatic heterocycles. The van der Waals surface area contributed by atoms with Crippen LogP contribution in [0.5, 0.6) is 0 Å². The Morgan fingerprint density at radius 1 is 1.22 bits per heavy atom. The van der Waals surface area contributed by atoms with Crippen molar-refractivity contribution in [2.24, 2.45) is 0 Å². The molecule has 0 saturated carbocycles. The Morgan fingerprint density at radius 2 is 1.72 bits per heavy atom. The van der Waals surface area contributed by atoms with Crippen molar-refractivity contribution in [1.82, 2.24) is 5.32 Å². The number of hydrogen-bond acceptors (Lipinski definition) is 3. The Balaban J connectivity index is 2.78. The molecule has 6 heteroatoms. The minimum Gasteiger partial charge on any atom is -0.480 e. The van der Waals surface area contributed by atoms with Crippen LogP contribution in [0.3, 0.4) is 0 Å². The minimum absolute atomic E-state index is 0.144. The molecule has 0 aromatic heterocycles. The summed E-state index contributed by atoms with van der Waals surface area (Å²) in [6.07, 6.45) is 0. The van der Waals surface area contributed by atoms with Gasteiger partial charge in [-0.05, 0) is 19.1 Å². The molecule has 1 unspecified atom stereocenters. The molecule has 1 aromatic rings. The molecule has 0 bridgehead atoms. The summed E-state index contributed by atoms with van der Waals surface area (Å²) in [5.74, 6) is -2.28. The van der Waals surface area contributed by atoms with Gasteiger partial charge in [0.1, 0.15) is 6.67 Å². The number of carbonyl (C=O) groups excluding carboxylic acids is 2. The van der Waals surface area contributed by atoms with Crippen LogP contribution in [0.15, 0.2) is 24.3 Å². The fraction of sp³-hybridized carbons (Fsp3) is 0.250. The van der Waals surface area contributed by atoms with E-state index in [4.69, 9.17) is 5.11 Å². The summed E-state index contributed by atoms with van der Waals surface area (Å²) in [5.41, 5.74) is 0.603.